The molecule has 0 radical (unpaired) electrons. The number of piperazine rings is 1. The summed E-state index contributed by atoms with van der Waals surface area (Å²) < 4.78 is 48.8. The van der Waals surface area contributed by atoms with Crippen molar-refractivity contribution < 1.29 is 22.7 Å². The van der Waals surface area contributed by atoms with Gasteiger partial charge in [0.15, 0.2) is 11.6 Å². The van der Waals surface area contributed by atoms with Crippen LogP contribution in [0.3, 0.4) is 0 Å². The van der Waals surface area contributed by atoms with Gasteiger partial charge < -0.3 is 14.5 Å². The van der Waals surface area contributed by atoms with Gasteiger partial charge in [-0.25, -0.2) is 13.2 Å². The van der Waals surface area contributed by atoms with Crippen molar-refractivity contribution in [2.45, 2.75) is 31.5 Å². The predicted octanol–water partition coefficient (Wildman–Crippen LogP) is 5.62. The molecule has 51 heavy (non-hydrogen) atoms. The number of fused-ring (bicyclic) bond motifs is 3. The van der Waals surface area contributed by atoms with Crippen molar-refractivity contribution in [3.05, 3.63) is 83.8 Å². The molecule has 3 aromatic heterocycles. The zero-order chi connectivity index (χ0) is 35.5. The number of ether oxygens (including phenoxy) is 1. The van der Waals surface area contributed by atoms with Crippen molar-refractivity contribution in [1.82, 2.24) is 34.9 Å². The summed E-state index contributed by atoms with van der Waals surface area (Å²) in [5.41, 5.74) is 1.55. The van der Waals surface area contributed by atoms with Crippen molar-refractivity contribution in [3.63, 3.8) is 0 Å². The summed E-state index contributed by atoms with van der Waals surface area (Å²) in [4.78, 5) is 31.6. The Bertz CT molecular complexity index is 2130. The van der Waals surface area contributed by atoms with Gasteiger partial charge in [0.25, 0.3) is 5.91 Å². The number of amides is 1. The molecule has 0 bridgehead atoms. The number of pyridine rings is 1. The van der Waals surface area contributed by atoms with Crippen LogP contribution in [-0.4, -0.2) is 99.4 Å². The highest BCUT2D eigenvalue weighted by molar-refractivity contribution is 6.02. The summed E-state index contributed by atoms with van der Waals surface area (Å²) >= 11 is 0. The smallest absolute Gasteiger partial charge is 0.318 e. The number of hydrogen-bond acceptors (Lipinski definition) is 9. The molecule has 0 aliphatic carbocycles. The second kappa shape index (κ2) is 14.7. The van der Waals surface area contributed by atoms with Gasteiger partial charge in [0.2, 0.25) is 0 Å². The molecule has 2 aromatic carbocycles. The van der Waals surface area contributed by atoms with Crippen LogP contribution in [0, 0.1) is 18.2 Å². The van der Waals surface area contributed by atoms with E-state index in [1.165, 1.54) is 37.2 Å². The lowest BCUT2D eigenvalue weighted by Gasteiger charge is -2.35. The third-order valence-electron chi connectivity index (χ3n) is 9.54. The predicted molar refractivity (Wildman–Crippen MR) is 189 cm³/mol. The number of methoxy groups -OCH3 is 1. The molecule has 3 aliphatic heterocycles. The molecule has 5 aromatic rings. The van der Waals surface area contributed by atoms with Gasteiger partial charge in [-0.3, -0.25) is 14.7 Å². The molecule has 3 saturated heterocycles. The first-order chi connectivity index (χ1) is 24.8. The summed E-state index contributed by atoms with van der Waals surface area (Å²) in [6, 6.07) is 14.8. The van der Waals surface area contributed by atoms with Gasteiger partial charge in [-0.2, -0.15) is 20.2 Å². The molecule has 6 heterocycles. The van der Waals surface area contributed by atoms with Crippen LogP contribution in [0.2, 0.25) is 0 Å². The van der Waals surface area contributed by atoms with E-state index in [4.69, 9.17) is 11.2 Å². The Kier molecular flexibility index (Phi) is 9.76. The minimum absolute atomic E-state index is 0.0211. The number of halogens is 3. The standard InChI is InChI=1S/C31H23F2N7O2.C7H12FN/c1-3-19-7-4-8-20-9-5-11-22(25(19)20)27-26(33)28-23(18-34-27)29(37-31(36-28)42-2)39-13-15-40(16-14-39)30(41)24(32)17-21-10-6-12-35-38-21;8-6-4-7-2-1-3-9(7)5-6/h1,4-12,17-18H,13-16H2,2H3;6-7H,1-5H2/b24-17-;. The van der Waals surface area contributed by atoms with E-state index in [0.29, 0.717) is 48.0 Å². The zero-order valence-electron chi connectivity index (χ0n) is 28.0. The van der Waals surface area contributed by atoms with Gasteiger partial charge in [0.05, 0.1) is 18.2 Å². The fourth-order valence-corrected chi connectivity index (χ4v) is 7.08. The molecule has 3 fully saturated rings. The molecule has 10 nitrogen and oxygen atoms in total. The molecule has 2 unspecified atom stereocenters. The molecule has 8 rings (SSSR count). The molecular weight excluding hydrogens is 657 g/mol. The van der Waals surface area contributed by atoms with Crippen LogP contribution in [0.1, 0.15) is 30.5 Å². The van der Waals surface area contributed by atoms with Gasteiger partial charge in [-0.15, -0.1) is 6.42 Å². The Hall–Kier alpha value is -5.61. The maximum absolute atomic E-state index is 16.2. The highest BCUT2D eigenvalue weighted by atomic mass is 19.1. The lowest BCUT2D eigenvalue weighted by Crippen LogP contribution is -2.49. The first-order valence-corrected chi connectivity index (χ1v) is 16.8. The summed E-state index contributed by atoms with van der Waals surface area (Å²) in [6.45, 7) is 2.92. The molecule has 0 saturated carbocycles. The summed E-state index contributed by atoms with van der Waals surface area (Å²) in [7, 11) is 1.40. The summed E-state index contributed by atoms with van der Waals surface area (Å²) in [5, 5.41) is 9.43. The third kappa shape index (κ3) is 6.92. The Labute approximate surface area is 293 Å². The normalized spacial score (nSPS) is 19.1. The molecule has 3 aliphatic rings. The molecule has 0 N–H and O–H groups in total. The number of carbonyl (C=O) groups excluding carboxylic acids is 1. The van der Waals surface area contributed by atoms with Crippen molar-refractivity contribution in [2.24, 2.45) is 0 Å². The van der Waals surface area contributed by atoms with Gasteiger partial charge in [0, 0.05) is 73.7 Å². The van der Waals surface area contributed by atoms with E-state index in [-0.39, 0.29) is 36.0 Å². The third-order valence-corrected chi connectivity index (χ3v) is 9.54. The summed E-state index contributed by atoms with van der Waals surface area (Å²) in [6.07, 6.45) is 12.6. The van der Waals surface area contributed by atoms with Crippen LogP contribution < -0.4 is 9.64 Å². The van der Waals surface area contributed by atoms with E-state index < -0.39 is 23.7 Å². The van der Waals surface area contributed by atoms with Gasteiger partial charge in [0.1, 0.15) is 23.2 Å². The Morgan fingerprint density at radius 1 is 1.06 bits per heavy atom. The molecule has 1 amide bonds. The minimum Gasteiger partial charge on any atom is -0.467 e. The summed E-state index contributed by atoms with van der Waals surface area (Å²) in [5.74, 6) is 0.759. The quantitative estimate of drug-likeness (QED) is 0.172. The number of rotatable bonds is 5. The van der Waals surface area contributed by atoms with Crippen LogP contribution in [-0.2, 0) is 4.79 Å². The largest absolute Gasteiger partial charge is 0.467 e. The Balaban J connectivity index is 0.000000389. The van der Waals surface area contributed by atoms with E-state index >= 15 is 4.39 Å². The van der Waals surface area contributed by atoms with E-state index in [1.54, 1.807) is 24.3 Å². The van der Waals surface area contributed by atoms with Crippen LogP contribution >= 0.6 is 0 Å². The van der Waals surface area contributed by atoms with Crippen molar-refractivity contribution in [2.75, 3.05) is 51.3 Å². The van der Waals surface area contributed by atoms with Crippen LogP contribution in [0.5, 0.6) is 6.01 Å². The minimum atomic E-state index is -0.932. The van der Waals surface area contributed by atoms with Crippen molar-refractivity contribution in [1.29, 1.82) is 0 Å². The molecule has 0 spiro atoms. The van der Waals surface area contributed by atoms with E-state index in [2.05, 4.69) is 36.0 Å². The molecule has 2 atom stereocenters. The van der Waals surface area contributed by atoms with Gasteiger partial charge in [-0.1, -0.05) is 36.3 Å². The number of terminal acetylenes is 1. The fraction of sp³-hybridized carbons (Fsp3) is 0.316. The molecule has 260 valence electrons. The highest BCUT2D eigenvalue weighted by Gasteiger charge is 2.35. The number of carbonyl (C=O) groups is 1. The van der Waals surface area contributed by atoms with Crippen LogP contribution in [0.4, 0.5) is 19.0 Å². The fourth-order valence-electron chi connectivity index (χ4n) is 7.08. The number of nitrogens with zero attached hydrogens (tertiary/aromatic N) is 8. The number of alkyl halides is 1. The van der Waals surface area contributed by atoms with Gasteiger partial charge in [-0.05, 0) is 49.4 Å². The van der Waals surface area contributed by atoms with E-state index in [9.17, 15) is 13.6 Å². The average molecular weight is 693 g/mol. The first-order valence-electron chi connectivity index (χ1n) is 16.8. The molecular formula is C38H35F3N8O2. The molecule has 13 heteroatoms. The number of hydrogen-bond donors (Lipinski definition) is 0. The SMILES string of the molecule is C#Cc1cccc2cccc(-c3ncc4c(N5CCN(C(=O)/C(F)=C/c6cccnn6)CC5)nc(OC)nc4c3F)c12.FC1CC2CCCN2C1. The highest BCUT2D eigenvalue weighted by Crippen LogP contribution is 2.36. The van der Waals surface area contributed by atoms with Crippen LogP contribution in [0.25, 0.3) is 39.0 Å². The number of anilines is 1. The maximum Gasteiger partial charge on any atom is 0.318 e. The number of aromatic nitrogens is 5. The van der Waals surface area contributed by atoms with E-state index in [1.807, 2.05) is 29.2 Å². The second-order valence-corrected chi connectivity index (χ2v) is 12.6. The van der Waals surface area contributed by atoms with Gasteiger partial charge >= 0.3 is 6.01 Å². The lowest BCUT2D eigenvalue weighted by molar-refractivity contribution is -0.128. The van der Waals surface area contributed by atoms with Crippen molar-refractivity contribution >= 4 is 39.5 Å². The monoisotopic (exact) mass is 692 g/mol. The van der Waals surface area contributed by atoms with Crippen LogP contribution in [0.15, 0.2) is 66.8 Å². The number of benzene rings is 2. The zero-order valence-corrected chi connectivity index (χ0v) is 28.0. The second-order valence-electron chi connectivity index (χ2n) is 12.6. The lowest BCUT2D eigenvalue weighted by atomic mass is 9.97. The first kappa shape index (κ1) is 33.9. The van der Waals surface area contributed by atoms with E-state index in [0.717, 1.165) is 29.8 Å². The Morgan fingerprint density at radius 2 is 1.86 bits per heavy atom. The topological polar surface area (TPSA) is 100 Å². The maximum atomic E-state index is 16.2. The average Bonchev–Trinajstić information content (AvgIpc) is 3.75. The Morgan fingerprint density at radius 3 is 2.59 bits per heavy atom. The van der Waals surface area contributed by atoms with Crippen molar-refractivity contribution in [3.8, 4) is 29.6 Å².